The maximum atomic E-state index is 13.1. The Bertz CT molecular complexity index is 859. The van der Waals surface area contributed by atoms with Crippen LogP contribution in [0, 0.1) is 5.92 Å². The van der Waals surface area contributed by atoms with Crippen LogP contribution in [0.15, 0.2) is 24.3 Å². The lowest BCUT2D eigenvalue weighted by molar-refractivity contribution is -0.147. The quantitative estimate of drug-likeness (QED) is 0.674. The van der Waals surface area contributed by atoms with Crippen LogP contribution in [0.25, 0.3) is 0 Å². The SMILES string of the molecule is C[C@@H]1CN(C(=O)[C@@H](C)N2CC[C@]3(CCC2=O)NC(=O)c2ccccc2N3)CC[C@@H]1O. The average molecular weight is 415 g/mol. The van der Waals surface area contributed by atoms with Crippen molar-refractivity contribution in [2.24, 2.45) is 5.92 Å². The molecule has 1 aromatic rings. The molecule has 2 fully saturated rings. The number of aliphatic hydroxyl groups is 1. The van der Waals surface area contributed by atoms with Crippen molar-refractivity contribution in [3.05, 3.63) is 29.8 Å². The van der Waals surface area contributed by atoms with E-state index in [2.05, 4.69) is 10.6 Å². The summed E-state index contributed by atoms with van der Waals surface area (Å²) >= 11 is 0. The molecule has 30 heavy (non-hydrogen) atoms. The lowest BCUT2D eigenvalue weighted by Gasteiger charge is -2.40. The zero-order valence-corrected chi connectivity index (χ0v) is 17.6. The molecule has 3 N–H and O–H groups in total. The number of piperidine rings is 1. The first kappa shape index (κ1) is 20.7. The molecule has 0 bridgehead atoms. The highest BCUT2D eigenvalue weighted by Crippen LogP contribution is 2.32. The van der Waals surface area contributed by atoms with Crippen LogP contribution in [-0.2, 0) is 9.59 Å². The fraction of sp³-hybridized carbons (Fsp3) is 0.591. The number of nitrogens with one attached hydrogen (secondary N) is 2. The predicted octanol–water partition coefficient (Wildman–Crippen LogP) is 1.17. The number of aliphatic hydroxyl groups excluding tert-OH is 1. The summed E-state index contributed by atoms with van der Waals surface area (Å²) in [6, 6.07) is 6.78. The zero-order chi connectivity index (χ0) is 21.5. The Morgan fingerprint density at radius 3 is 2.73 bits per heavy atom. The average Bonchev–Trinajstić information content (AvgIpc) is 2.88. The van der Waals surface area contributed by atoms with Gasteiger partial charge in [-0.25, -0.2) is 0 Å². The Hall–Kier alpha value is -2.61. The molecule has 162 valence electrons. The lowest BCUT2D eigenvalue weighted by atomic mass is 9.95. The summed E-state index contributed by atoms with van der Waals surface area (Å²) < 4.78 is 0. The number of carbonyl (C=O) groups is 3. The third-order valence-electron chi connectivity index (χ3n) is 6.76. The second-order valence-corrected chi connectivity index (χ2v) is 8.84. The number of fused-ring (bicyclic) bond motifs is 1. The molecule has 1 aromatic carbocycles. The summed E-state index contributed by atoms with van der Waals surface area (Å²) in [4.78, 5) is 41.9. The highest BCUT2D eigenvalue weighted by atomic mass is 16.3. The van der Waals surface area contributed by atoms with Gasteiger partial charge < -0.3 is 25.5 Å². The van der Waals surface area contributed by atoms with Crippen molar-refractivity contribution < 1.29 is 19.5 Å². The van der Waals surface area contributed by atoms with Gasteiger partial charge in [0, 0.05) is 38.2 Å². The van der Waals surface area contributed by atoms with Gasteiger partial charge in [0.05, 0.1) is 11.7 Å². The molecule has 3 aliphatic heterocycles. The van der Waals surface area contributed by atoms with E-state index < -0.39 is 11.7 Å². The van der Waals surface area contributed by atoms with Crippen molar-refractivity contribution >= 4 is 23.4 Å². The molecule has 2 saturated heterocycles. The van der Waals surface area contributed by atoms with Gasteiger partial charge in [-0.15, -0.1) is 0 Å². The largest absolute Gasteiger partial charge is 0.393 e. The number of hydrogen-bond donors (Lipinski definition) is 3. The summed E-state index contributed by atoms with van der Waals surface area (Å²) in [5, 5.41) is 16.4. The highest BCUT2D eigenvalue weighted by molar-refractivity contribution is 6.02. The highest BCUT2D eigenvalue weighted by Gasteiger charge is 2.42. The standard InChI is InChI=1S/C22H30N4O4/c1-14-13-25(11-8-18(14)27)21(30)15(2)26-12-10-22(9-7-19(26)28)23-17-6-4-3-5-16(17)20(29)24-22/h3-6,14-15,18,23,27H,7-13H2,1-2H3,(H,24,29)/t14-,15-,18+,22+/m1/s1. The van der Waals surface area contributed by atoms with Crippen LogP contribution in [0.5, 0.6) is 0 Å². The molecule has 0 aliphatic carbocycles. The van der Waals surface area contributed by atoms with Crippen molar-refractivity contribution in [1.29, 1.82) is 0 Å². The first-order valence-corrected chi connectivity index (χ1v) is 10.8. The van der Waals surface area contributed by atoms with Gasteiger partial charge in [-0.2, -0.15) is 0 Å². The molecule has 0 unspecified atom stereocenters. The molecule has 0 saturated carbocycles. The van der Waals surface area contributed by atoms with Crippen molar-refractivity contribution in [3.63, 3.8) is 0 Å². The number of carbonyl (C=O) groups excluding carboxylic acids is 3. The Morgan fingerprint density at radius 1 is 1.20 bits per heavy atom. The first-order valence-electron chi connectivity index (χ1n) is 10.8. The van der Waals surface area contributed by atoms with E-state index in [1.165, 1.54) is 0 Å². The fourth-order valence-electron chi connectivity index (χ4n) is 4.78. The van der Waals surface area contributed by atoms with Crippen LogP contribution < -0.4 is 10.6 Å². The van der Waals surface area contributed by atoms with Crippen molar-refractivity contribution in [2.75, 3.05) is 25.0 Å². The monoisotopic (exact) mass is 414 g/mol. The van der Waals surface area contributed by atoms with E-state index in [0.29, 0.717) is 44.5 Å². The molecule has 3 aliphatic rings. The molecular formula is C22H30N4O4. The second-order valence-electron chi connectivity index (χ2n) is 8.84. The molecule has 3 heterocycles. The molecule has 1 spiro atoms. The van der Waals surface area contributed by atoms with E-state index in [1.54, 1.807) is 22.8 Å². The first-order chi connectivity index (χ1) is 14.3. The summed E-state index contributed by atoms with van der Waals surface area (Å²) in [6.45, 7) is 5.11. The van der Waals surface area contributed by atoms with E-state index >= 15 is 0 Å². The van der Waals surface area contributed by atoms with Crippen LogP contribution in [0.3, 0.4) is 0 Å². The van der Waals surface area contributed by atoms with Crippen LogP contribution in [0.4, 0.5) is 5.69 Å². The van der Waals surface area contributed by atoms with Crippen LogP contribution in [0.2, 0.25) is 0 Å². The summed E-state index contributed by atoms with van der Waals surface area (Å²) in [7, 11) is 0. The van der Waals surface area contributed by atoms with Gasteiger partial charge in [0.1, 0.15) is 11.7 Å². The third-order valence-corrected chi connectivity index (χ3v) is 6.76. The van der Waals surface area contributed by atoms with Gasteiger partial charge in [-0.1, -0.05) is 19.1 Å². The number of likely N-dealkylation sites (tertiary alicyclic amines) is 2. The van der Waals surface area contributed by atoms with E-state index in [4.69, 9.17) is 0 Å². The van der Waals surface area contributed by atoms with Crippen molar-refractivity contribution in [3.8, 4) is 0 Å². The fourth-order valence-corrected chi connectivity index (χ4v) is 4.78. The minimum absolute atomic E-state index is 0.0275. The van der Waals surface area contributed by atoms with Gasteiger partial charge in [0.15, 0.2) is 0 Å². The number of benzene rings is 1. The van der Waals surface area contributed by atoms with E-state index in [0.717, 1.165) is 5.69 Å². The van der Waals surface area contributed by atoms with Crippen LogP contribution >= 0.6 is 0 Å². The Morgan fingerprint density at radius 2 is 1.97 bits per heavy atom. The maximum absolute atomic E-state index is 13.1. The van der Waals surface area contributed by atoms with Crippen LogP contribution in [0.1, 0.15) is 49.9 Å². The van der Waals surface area contributed by atoms with Gasteiger partial charge in [-0.05, 0) is 37.8 Å². The molecule has 4 rings (SSSR count). The normalized spacial score (nSPS) is 30.2. The summed E-state index contributed by atoms with van der Waals surface area (Å²) in [5.74, 6) is -0.272. The molecule has 8 heteroatoms. The number of rotatable bonds is 2. The van der Waals surface area contributed by atoms with Gasteiger partial charge >= 0.3 is 0 Å². The van der Waals surface area contributed by atoms with Crippen molar-refractivity contribution in [2.45, 2.75) is 57.3 Å². The van der Waals surface area contributed by atoms with Crippen LogP contribution in [-0.4, -0.2) is 70.1 Å². The Balaban J connectivity index is 1.47. The molecule has 4 atom stereocenters. The Kier molecular flexibility index (Phi) is 5.44. The minimum Gasteiger partial charge on any atom is -0.393 e. The number of para-hydroxylation sites is 1. The number of amides is 3. The molecular weight excluding hydrogens is 384 g/mol. The summed E-state index contributed by atoms with van der Waals surface area (Å²) in [6.07, 6.45) is 1.42. The van der Waals surface area contributed by atoms with Gasteiger partial charge in [-0.3, -0.25) is 14.4 Å². The predicted molar refractivity (Wildman–Crippen MR) is 112 cm³/mol. The maximum Gasteiger partial charge on any atom is 0.255 e. The number of hydrogen-bond acceptors (Lipinski definition) is 5. The van der Waals surface area contributed by atoms with Crippen molar-refractivity contribution in [1.82, 2.24) is 15.1 Å². The lowest BCUT2D eigenvalue weighted by Crippen LogP contribution is -2.58. The molecule has 0 aromatic heterocycles. The molecule has 3 amide bonds. The van der Waals surface area contributed by atoms with E-state index in [9.17, 15) is 19.5 Å². The molecule has 0 radical (unpaired) electrons. The second kappa shape index (κ2) is 7.91. The van der Waals surface area contributed by atoms with Gasteiger partial charge in [0.2, 0.25) is 11.8 Å². The van der Waals surface area contributed by atoms with E-state index in [1.807, 2.05) is 25.1 Å². The molecule has 8 nitrogen and oxygen atoms in total. The summed E-state index contributed by atoms with van der Waals surface area (Å²) in [5.41, 5.74) is 0.676. The topological polar surface area (TPSA) is 102 Å². The third kappa shape index (κ3) is 3.76. The smallest absolute Gasteiger partial charge is 0.255 e. The minimum atomic E-state index is -0.692. The van der Waals surface area contributed by atoms with Gasteiger partial charge in [0.25, 0.3) is 5.91 Å². The number of nitrogens with zero attached hydrogens (tertiary/aromatic N) is 2. The van der Waals surface area contributed by atoms with E-state index in [-0.39, 0.29) is 36.2 Å². The zero-order valence-electron chi connectivity index (χ0n) is 17.6. The Labute approximate surface area is 176 Å². The number of anilines is 1.